The number of hydrogen-bond acceptors (Lipinski definition) is 2. The van der Waals surface area contributed by atoms with Crippen LogP contribution in [0, 0.1) is 6.92 Å². The molecule has 0 aromatic carbocycles. The molecular weight excluding hydrogens is 148 g/mol. The van der Waals surface area contributed by atoms with Crippen molar-refractivity contribution >= 4 is 5.82 Å². The Morgan fingerprint density at radius 1 is 1.33 bits per heavy atom. The molecule has 1 aromatic rings. The molecule has 1 heterocycles. The van der Waals surface area contributed by atoms with Crippen LogP contribution >= 0.6 is 0 Å². The normalized spacial score (nSPS) is 10.4. The van der Waals surface area contributed by atoms with E-state index < -0.39 is 0 Å². The van der Waals surface area contributed by atoms with Crippen molar-refractivity contribution in [1.29, 1.82) is 0 Å². The number of aromatic nitrogens is 1. The van der Waals surface area contributed by atoms with Crippen LogP contribution in [-0.4, -0.2) is 18.1 Å². The summed E-state index contributed by atoms with van der Waals surface area (Å²) in [5.74, 6) is 1.04. The van der Waals surface area contributed by atoms with E-state index in [0.29, 0.717) is 6.04 Å². The van der Waals surface area contributed by atoms with Crippen molar-refractivity contribution in [2.75, 3.05) is 11.9 Å². The molecule has 0 aliphatic carbocycles. The van der Waals surface area contributed by atoms with E-state index in [1.54, 1.807) is 0 Å². The van der Waals surface area contributed by atoms with Crippen molar-refractivity contribution in [3.05, 3.63) is 23.9 Å². The minimum absolute atomic E-state index is 0.500. The SMILES string of the molecule is Cc1ccc(N(C)C(C)C)nc1. The Bertz CT molecular complexity index is 239. The van der Waals surface area contributed by atoms with Gasteiger partial charge < -0.3 is 4.90 Å². The molecular formula is C10H16N2. The van der Waals surface area contributed by atoms with Gasteiger partial charge in [-0.1, -0.05) is 6.07 Å². The quantitative estimate of drug-likeness (QED) is 0.666. The fourth-order valence-corrected chi connectivity index (χ4v) is 0.933. The summed E-state index contributed by atoms with van der Waals surface area (Å²) in [6.45, 7) is 6.36. The van der Waals surface area contributed by atoms with Gasteiger partial charge in [0, 0.05) is 19.3 Å². The van der Waals surface area contributed by atoms with Crippen molar-refractivity contribution in [2.24, 2.45) is 0 Å². The van der Waals surface area contributed by atoms with Gasteiger partial charge >= 0.3 is 0 Å². The second-order valence-electron chi connectivity index (χ2n) is 3.40. The molecule has 0 aliphatic heterocycles. The van der Waals surface area contributed by atoms with E-state index in [1.165, 1.54) is 5.56 Å². The second-order valence-corrected chi connectivity index (χ2v) is 3.40. The molecule has 0 N–H and O–H groups in total. The summed E-state index contributed by atoms with van der Waals surface area (Å²) in [5.41, 5.74) is 1.20. The summed E-state index contributed by atoms with van der Waals surface area (Å²) < 4.78 is 0. The van der Waals surface area contributed by atoms with Gasteiger partial charge in [0.25, 0.3) is 0 Å². The lowest BCUT2D eigenvalue weighted by atomic mass is 10.3. The molecule has 1 aromatic heterocycles. The molecule has 0 atom stereocenters. The van der Waals surface area contributed by atoms with Gasteiger partial charge in [0.15, 0.2) is 0 Å². The molecule has 0 amide bonds. The van der Waals surface area contributed by atoms with Crippen LogP contribution in [0.25, 0.3) is 0 Å². The highest BCUT2D eigenvalue weighted by molar-refractivity contribution is 5.38. The maximum absolute atomic E-state index is 4.33. The minimum atomic E-state index is 0.500. The van der Waals surface area contributed by atoms with Crippen molar-refractivity contribution in [1.82, 2.24) is 4.98 Å². The predicted molar refractivity (Wildman–Crippen MR) is 52.5 cm³/mol. The Morgan fingerprint density at radius 3 is 2.42 bits per heavy atom. The van der Waals surface area contributed by atoms with E-state index >= 15 is 0 Å². The largest absolute Gasteiger partial charge is 0.357 e. The van der Waals surface area contributed by atoms with Gasteiger partial charge in [-0.3, -0.25) is 0 Å². The van der Waals surface area contributed by atoms with Gasteiger partial charge in [0.05, 0.1) is 0 Å². The fourth-order valence-electron chi connectivity index (χ4n) is 0.933. The second kappa shape index (κ2) is 3.57. The Kier molecular flexibility index (Phi) is 2.69. The fraction of sp³-hybridized carbons (Fsp3) is 0.500. The van der Waals surface area contributed by atoms with Gasteiger partial charge in [-0.05, 0) is 32.4 Å². The van der Waals surface area contributed by atoms with Crippen LogP contribution in [0.4, 0.5) is 5.82 Å². The first-order valence-electron chi connectivity index (χ1n) is 4.26. The maximum atomic E-state index is 4.33. The zero-order valence-corrected chi connectivity index (χ0v) is 8.20. The smallest absolute Gasteiger partial charge is 0.128 e. The highest BCUT2D eigenvalue weighted by Gasteiger charge is 2.04. The zero-order chi connectivity index (χ0) is 9.14. The highest BCUT2D eigenvalue weighted by atomic mass is 15.2. The van der Waals surface area contributed by atoms with Gasteiger partial charge in [0.1, 0.15) is 5.82 Å². The van der Waals surface area contributed by atoms with E-state index in [4.69, 9.17) is 0 Å². The number of nitrogens with zero attached hydrogens (tertiary/aromatic N) is 2. The number of pyridine rings is 1. The van der Waals surface area contributed by atoms with Crippen LogP contribution in [-0.2, 0) is 0 Å². The first-order chi connectivity index (χ1) is 5.61. The Hall–Kier alpha value is -1.05. The van der Waals surface area contributed by atoms with Crippen LogP contribution in [0.2, 0.25) is 0 Å². The molecule has 2 nitrogen and oxygen atoms in total. The standard InChI is InChI=1S/C10H16N2/c1-8(2)12(4)10-6-5-9(3)7-11-10/h5-8H,1-4H3. The summed E-state index contributed by atoms with van der Waals surface area (Å²) in [6, 6.07) is 4.64. The highest BCUT2D eigenvalue weighted by Crippen LogP contribution is 2.11. The topological polar surface area (TPSA) is 16.1 Å². The summed E-state index contributed by atoms with van der Waals surface area (Å²) in [5, 5.41) is 0. The van der Waals surface area contributed by atoms with Crippen LogP contribution in [0.15, 0.2) is 18.3 Å². The third kappa shape index (κ3) is 1.97. The van der Waals surface area contributed by atoms with E-state index in [2.05, 4.69) is 42.9 Å². The number of rotatable bonds is 2. The third-order valence-corrected chi connectivity index (χ3v) is 2.03. The molecule has 2 heteroatoms. The summed E-state index contributed by atoms with van der Waals surface area (Å²) in [6.07, 6.45) is 1.90. The summed E-state index contributed by atoms with van der Waals surface area (Å²) >= 11 is 0. The third-order valence-electron chi connectivity index (χ3n) is 2.03. The minimum Gasteiger partial charge on any atom is -0.357 e. The Balaban J connectivity index is 2.82. The first kappa shape index (κ1) is 9.04. The van der Waals surface area contributed by atoms with Crippen molar-refractivity contribution in [3.63, 3.8) is 0 Å². The molecule has 0 aliphatic rings. The number of anilines is 1. The molecule has 1 rings (SSSR count). The molecule has 0 unspecified atom stereocenters. The van der Waals surface area contributed by atoms with Crippen molar-refractivity contribution < 1.29 is 0 Å². The van der Waals surface area contributed by atoms with Crippen LogP contribution in [0.5, 0.6) is 0 Å². The number of hydrogen-bond donors (Lipinski definition) is 0. The molecule has 0 bridgehead atoms. The zero-order valence-electron chi connectivity index (χ0n) is 8.20. The van der Waals surface area contributed by atoms with Crippen molar-refractivity contribution in [3.8, 4) is 0 Å². The average molecular weight is 164 g/mol. The molecule has 0 saturated carbocycles. The first-order valence-corrected chi connectivity index (χ1v) is 4.26. The summed E-state index contributed by atoms with van der Waals surface area (Å²) in [7, 11) is 2.06. The van der Waals surface area contributed by atoms with Crippen LogP contribution in [0.3, 0.4) is 0 Å². The maximum Gasteiger partial charge on any atom is 0.128 e. The van der Waals surface area contributed by atoms with Gasteiger partial charge in [-0.2, -0.15) is 0 Å². The van der Waals surface area contributed by atoms with Gasteiger partial charge in [0.2, 0.25) is 0 Å². The molecule has 0 saturated heterocycles. The lowest BCUT2D eigenvalue weighted by Crippen LogP contribution is -2.26. The van der Waals surface area contributed by atoms with E-state index in [0.717, 1.165) is 5.82 Å². The average Bonchev–Trinajstić information content (AvgIpc) is 2.04. The molecule has 66 valence electrons. The van der Waals surface area contributed by atoms with E-state index in [1.807, 2.05) is 13.1 Å². The lowest BCUT2D eigenvalue weighted by molar-refractivity contribution is 0.743. The van der Waals surface area contributed by atoms with Crippen LogP contribution < -0.4 is 4.90 Å². The monoisotopic (exact) mass is 164 g/mol. The van der Waals surface area contributed by atoms with Crippen molar-refractivity contribution in [2.45, 2.75) is 26.8 Å². The van der Waals surface area contributed by atoms with Gasteiger partial charge in [-0.25, -0.2) is 4.98 Å². The lowest BCUT2D eigenvalue weighted by Gasteiger charge is -2.22. The van der Waals surface area contributed by atoms with Gasteiger partial charge in [-0.15, -0.1) is 0 Å². The summed E-state index contributed by atoms with van der Waals surface area (Å²) in [4.78, 5) is 6.48. The molecule has 12 heavy (non-hydrogen) atoms. The number of aryl methyl sites for hydroxylation is 1. The van der Waals surface area contributed by atoms with E-state index in [9.17, 15) is 0 Å². The molecule has 0 radical (unpaired) electrons. The molecule has 0 spiro atoms. The van der Waals surface area contributed by atoms with E-state index in [-0.39, 0.29) is 0 Å². The predicted octanol–water partition coefficient (Wildman–Crippen LogP) is 2.23. The molecule has 0 fully saturated rings. The van der Waals surface area contributed by atoms with Crippen LogP contribution in [0.1, 0.15) is 19.4 Å². The Morgan fingerprint density at radius 2 is 2.00 bits per heavy atom. The Labute approximate surface area is 74.2 Å².